The average Bonchev–Trinajstić information content (AvgIpc) is 3.17. The third kappa shape index (κ3) is 4.15. The van der Waals surface area contributed by atoms with Gasteiger partial charge in [-0.3, -0.25) is 19.7 Å². The number of nitrogens with zero attached hydrogens (tertiary/aromatic N) is 1. The molecule has 0 unspecified atom stereocenters. The number of fused-ring (bicyclic) bond motifs is 2. The van der Waals surface area contributed by atoms with Crippen LogP contribution in [0.5, 0.6) is 0 Å². The number of non-ortho nitro benzene ring substituents is 1. The molecule has 0 radical (unpaired) electrons. The minimum Gasteiger partial charge on any atom is -0.456 e. The first-order valence-corrected chi connectivity index (χ1v) is 8.63. The fourth-order valence-electron chi connectivity index (χ4n) is 4.13. The summed E-state index contributed by atoms with van der Waals surface area (Å²) in [6, 6.07) is 4.18. The molecule has 0 heterocycles. The number of benzene rings is 1. The predicted molar refractivity (Wildman–Crippen MR) is 91.0 cm³/mol. The summed E-state index contributed by atoms with van der Waals surface area (Å²) >= 11 is 0. The van der Waals surface area contributed by atoms with Gasteiger partial charge in [-0.25, -0.2) is 0 Å². The van der Waals surface area contributed by atoms with Gasteiger partial charge in [0.15, 0.2) is 6.61 Å². The van der Waals surface area contributed by atoms with Crippen molar-refractivity contribution in [3.8, 4) is 0 Å². The second kappa shape index (κ2) is 7.21. The second-order valence-electron chi connectivity index (χ2n) is 7.10. The highest BCUT2D eigenvalue weighted by atomic mass is 16.6. The first-order chi connectivity index (χ1) is 11.9. The Balaban J connectivity index is 1.45. The van der Waals surface area contributed by atoms with E-state index in [0.717, 1.165) is 12.3 Å². The monoisotopic (exact) mass is 346 g/mol. The quantitative estimate of drug-likeness (QED) is 0.484. The van der Waals surface area contributed by atoms with E-state index in [4.69, 9.17) is 4.74 Å². The van der Waals surface area contributed by atoms with Crippen LogP contribution in [-0.2, 0) is 14.3 Å². The molecule has 1 aromatic carbocycles. The zero-order valence-electron chi connectivity index (χ0n) is 14.2. The molecule has 134 valence electrons. The smallest absolute Gasteiger partial charge is 0.306 e. The maximum Gasteiger partial charge on any atom is 0.306 e. The number of nitro benzene ring substituents is 1. The van der Waals surface area contributed by atoms with Gasteiger partial charge in [-0.15, -0.1) is 0 Å². The van der Waals surface area contributed by atoms with Crippen LogP contribution < -0.4 is 5.32 Å². The molecule has 0 saturated heterocycles. The van der Waals surface area contributed by atoms with E-state index in [9.17, 15) is 19.7 Å². The van der Waals surface area contributed by atoms with Crippen LogP contribution in [0.3, 0.4) is 0 Å². The highest BCUT2D eigenvalue weighted by Crippen LogP contribution is 2.49. The van der Waals surface area contributed by atoms with Gasteiger partial charge in [0, 0.05) is 24.2 Å². The van der Waals surface area contributed by atoms with Crippen LogP contribution in [-0.4, -0.2) is 23.4 Å². The predicted octanol–water partition coefficient (Wildman–Crippen LogP) is 3.21. The van der Waals surface area contributed by atoms with E-state index < -0.39 is 10.8 Å². The number of rotatable bonds is 6. The zero-order chi connectivity index (χ0) is 18.0. The van der Waals surface area contributed by atoms with Crippen LogP contribution in [0.1, 0.15) is 37.7 Å². The minimum atomic E-state index is -0.490. The van der Waals surface area contributed by atoms with Crippen LogP contribution in [0.4, 0.5) is 11.4 Å². The summed E-state index contributed by atoms with van der Waals surface area (Å²) in [5.74, 6) is 1.06. The van der Waals surface area contributed by atoms with Gasteiger partial charge in [0.05, 0.1) is 4.92 Å². The lowest BCUT2D eigenvalue weighted by Crippen LogP contribution is -2.23. The Bertz CT molecular complexity index is 703. The van der Waals surface area contributed by atoms with E-state index in [2.05, 4.69) is 5.32 Å². The normalized spacial score (nSPS) is 24.1. The van der Waals surface area contributed by atoms with Gasteiger partial charge in [-0.2, -0.15) is 0 Å². The fraction of sp³-hybridized carbons (Fsp3) is 0.556. The standard InChI is InChI=1S/C18H22N2O5/c1-11-6-15(20(23)24)4-5-16(11)19-17(21)10-25-18(22)9-14-8-12-2-3-13(14)7-12/h4-6,12-14H,2-3,7-10H2,1H3,(H,19,21)/t12-,13+,14-/m0/s1. The number of ether oxygens (including phenoxy) is 1. The Morgan fingerprint density at radius 1 is 1.32 bits per heavy atom. The molecule has 3 atom stereocenters. The summed E-state index contributed by atoms with van der Waals surface area (Å²) in [6.07, 6.45) is 5.23. The van der Waals surface area contributed by atoms with Crippen molar-refractivity contribution >= 4 is 23.3 Å². The molecule has 2 aliphatic rings. The zero-order valence-corrected chi connectivity index (χ0v) is 14.2. The lowest BCUT2D eigenvalue weighted by molar-refractivity contribution is -0.384. The number of amides is 1. The summed E-state index contributed by atoms with van der Waals surface area (Å²) in [6.45, 7) is 1.33. The molecule has 2 saturated carbocycles. The molecule has 3 rings (SSSR count). The Kier molecular flexibility index (Phi) is 5.01. The second-order valence-corrected chi connectivity index (χ2v) is 7.10. The third-order valence-corrected chi connectivity index (χ3v) is 5.37. The summed E-state index contributed by atoms with van der Waals surface area (Å²) in [7, 11) is 0. The average molecular weight is 346 g/mol. The number of nitro groups is 1. The molecule has 1 N–H and O–H groups in total. The number of carbonyl (C=O) groups is 2. The Labute approximate surface area is 145 Å². The van der Waals surface area contributed by atoms with Gasteiger partial charge in [0.2, 0.25) is 0 Å². The lowest BCUT2D eigenvalue weighted by Gasteiger charge is -2.20. The van der Waals surface area contributed by atoms with Crippen molar-refractivity contribution in [2.75, 3.05) is 11.9 Å². The topological polar surface area (TPSA) is 98.5 Å². The number of hydrogen-bond donors (Lipinski definition) is 1. The van der Waals surface area contributed by atoms with Crippen LogP contribution in [0.25, 0.3) is 0 Å². The van der Waals surface area contributed by atoms with Gasteiger partial charge in [-0.1, -0.05) is 6.42 Å². The van der Waals surface area contributed by atoms with E-state index in [-0.39, 0.29) is 18.3 Å². The molecule has 7 nitrogen and oxygen atoms in total. The number of aryl methyl sites for hydroxylation is 1. The van der Waals surface area contributed by atoms with Crippen molar-refractivity contribution in [1.29, 1.82) is 0 Å². The molecule has 2 bridgehead atoms. The van der Waals surface area contributed by atoms with Gasteiger partial charge in [0.25, 0.3) is 11.6 Å². The van der Waals surface area contributed by atoms with Crippen molar-refractivity contribution in [3.05, 3.63) is 33.9 Å². The Morgan fingerprint density at radius 3 is 2.72 bits per heavy atom. The van der Waals surface area contributed by atoms with Crippen molar-refractivity contribution in [2.45, 2.75) is 39.0 Å². The number of carbonyl (C=O) groups excluding carboxylic acids is 2. The SMILES string of the molecule is Cc1cc([N+](=O)[O-])ccc1NC(=O)COC(=O)C[C@@H]1C[C@H]2CC[C@@H]1C2. The van der Waals surface area contributed by atoms with Crippen molar-refractivity contribution in [2.24, 2.45) is 17.8 Å². The molecule has 0 aliphatic heterocycles. The molecule has 25 heavy (non-hydrogen) atoms. The minimum absolute atomic E-state index is 0.0345. The fourth-order valence-corrected chi connectivity index (χ4v) is 4.13. The summed E-state index contributed by atoms with van der Waals surface area (Å²) in [5, 5.41) is 13.3. The number of anilines is 1. The molecule has 0 aromatic heterocycles. The third-order valence-electron chi connectivity index (χ3n) is 5.37. The van der Waals surface area contributed by atoms with Crippen molar-refractivity contribution in [3.63, 3.8) is 0 Å². The summed E-state index contributed by atoms with van der Waals surface area (Å²) in [5.41, 5.74) is 1.02. The Morgan fingerprint density at radius 2 is 2.12 bits per heavy atom. The Hall–Kier alpha value is -2.44. The molecule has 2 fully saturated rings. The van der Waals surface area contributed by atoms with Gasteiger partial charge < -0.3 is 10.1 Å². The maximum atomic E-state index is 11.9. The number of nitrogens with one attached hydrogen (secondary N) is 1. The van der Waals surface area contributed by atoms with Crippen LogP contribution in [0.15, 0.2) is 18.2 Å². The molecule has 2 aliphatic carbocycles. The van der Waals surface area contributed by atoms with Gasteiger partial charge >= 0.3 is 5.97 Å². The summed E-state index contributed by atoms with van der Waals surface area (Å²) < 4.78 is 5.09. The van der Waals surface area contributed by atoms with E-state index in [1.165, 1.54) is 37.5 Å². The van der Waals surface area contributed by atoms with Crippen molar-refractivity contribution in [1.82, 2.24) is 0 Å². The highest BCUT2D eigenvalue weighted by Gasteiger charge is 2.40. The van der Waals surface area contributed by atoms with Crippen molar-refractivity contribution < 1.29 is 19.2 Å². The molecule has 0 spiro atoms. The lowest BCUT2D eigenvalue weighted by atomic mass is 9.86. The van der Waals surface area contributed by atoms with Crippen LogP contribution in [0.2, 0.25) is 0 Å². The van der Waals surface area contributed by atoms with E-state index in [1.807, 2.05) is 0 Å². The molecular weight excluding hydrogens is 324 g/mol. The maximum absolute atomic E-state index is 11.9. The van der Waals surface area contributed by atoms with E-state index in [0.29, 0.717) is 29.5 Å². The molecular formula is C18H22N2O5. The largest absolute Gasteiger partial charge is 0.456 e. The van der Waals surface area contributed by atoms with E-state index >= 15 is 0 Å². The van der Waals surface area contributed by atoms with E-state index in [1.54, 1.807) is 6.92 Å². The highest BCUT2D eigenvalue weighted by molar-refractivity contribution is 5.93. The first-order valence-electron chi connectivity index (χ1n) is 8.63. The first kappa shape index (κ1) is 17.4. The van der Waals surface area contributed by atoms with Gasteiger partial charge in [-0.05, 0) is 55.6 Å². The number of hydrogen-bond acceptors (Lipinski definition) is 5. The number of esters is 1. The summed E-state index contributed by atoms with van der Waals surface area (Å²) in [4.78, 5) is 34.1. The molecule has 1 amide bonds. The molecule has 7 heteroatoms. The molecule has 1 aromatic rings. The van der Waals surface area contributed by atoms with Gasteiger partial charge in [0.1, 0.15) is 0 Å². The van der Waals surface area contributed by atoms with Crippen LogP contribution in [0, 0.1) is 34.8 Å². The van der Waals surface area contributed by atoms with Crippen LogP contribution >= 0.6 is 0 Å².